The van der Waals surface area contributed by atoms with E-state index >= 15 is 0 Å². The average Bonchev–Trinajstić information content (AvgIpc) is 3.09. The Morgan fingerprint density at radius 1 is 1.04 bits per heavy atom. The van der Waals surface area contributed by atoms with Crippen LogP contribution in [-0.2, 0) is 20.7 Å². The van der Waals surface area contributed by atoms with Gasteiger partial charge in [-0.3, -0.25) is 4.79 Å². The molecule has 2 rings (SSSR count). The van der Waals surface area contributed by atoms with Crippen LogP contribution in [0.2, 0.25) is 0 Å². The molecule has 1 amide bonds. The number of amides is 1. The maximum absolute atomic E-state index is 12.2. The van der Waals surface area contributed by atoms with Gasteiger partial charge in [0.2, 0.25) is 0 Å². The summed E-state index contributed by atoms with van der Waals surface area (Å²) in [7, 11) is 1.44. The predicted molar refractivity (Wildman–Crippen MR) is 102 cm³/mol. The molecule has 0 saturated carbocycles. The summed E-state index contributed by atoms with van der Waals surface area (Å²) in [6, 6.07) is 8.26. The lowest BCUT2D eigenvalue weighted by atomic mass is 10.2. The maximum Gasteiger partial charge on any atom is 0.342 e. The summed E-state index contributed by atoms with van der Waals surface area (Å²) < 4.78 is 15.1. The zero-order valence-electron chi connectivity index (χ0n) is 15.4. The zero-order valence-corrected chi connectivity index (χ0v) is 16.2. The van der Waals surface area contributed by atoms with Crippen molar-refractivity contribution in [2.45, 2.75) is 20.3 Å². The number of thiophene rings is 1. The Labute approximate surface area is 161 Å². The fourth-order valence-electron chi connectivity index (χ4n) is 2.25. The Bertz CT molecular complexity index is 829. The molecule has 0 aliphatic heterocycles. The Morgan fingerprint density at radius 2 is 1.74 bits per heavy atom. The van der Waals surface area contributed by atoms with Crippen LogP contribution in [0.25, 0.3) is 0 Å². The van der Waals surface area contributed by atoms with E-state index in [0.29, 0.717) is 16.3 Å². The van der Waals surface area contributed by atoms with Crippen molar-refractivity contribution >= 4 is 34.2 Å². The summed E-state index contributed by atoms with van der Waals surface area (Å²) in [5.41, 5.74) is 0.521. The van der Waals surface area contributed by atoms with E-state index in [9.17, 15) is 14.4 Å². The highest BCUT2D eigenvalue weighted by molar-refractivity contribution is 7.16. The standard InChI is InChI=1S/C19H21NO6S/c1-4-12-10-14(19(23)25-5-2)17(27-12)20-16(21)11-26-18(22)13-8-6-7-9-15(13)24-3/h6-10H,4-5,11H2,1-3H3,(H,20,21). The number of esters is 2. The number of carbonyl (C=O) groups excluding carboxylic acids is 3. The molecule has 0 aliphatic carbocycles. The van der Waals surface area contributed by atoms with Crippen molar-refractivity contribution in [3.05, 3.63) is 46.3 Å². The second-order valence-corrected chi connectivity index (χ2v) is 6.49. The first kappa shape index (κ1) is 20.4. The van der Waals surface area contributed by atoms with Gasteiger partial charge in [0.1, 0.15) is 16.3 Å². The number of hydrogen-bond donors (Lipinski definition) is 1. The molecule has 0 fully saturated rings. The number of nitrogens with one attached hydrogen (secondary N) is 1. The predicted octanol–water partition coefficient (Wildman–Crippen LogP) is 3.29. The minimum atomic E-state index is -0.673. The van der Waals surface area contributed by atoms with E-state index in [1.54, 1.807) is 37.3 Å². The molecule has 0 radical (unpaired) electrons. The number of para-hydroxylation sites is 1. The van der Waals surface area contributed by atoms with Gasteiger partial charge in [-0.05, 0) is 31.5 Å². The SMILES string of the molecule is CCOC(=O)c1cc(CC)sc1NC(=O)COC(=O)c1ccccc1OC. The molecule has 0 unspecified atom stereocenters. The number of benzene rings is 1. The summed E-state index contributed by atoms with van der Waals surface area (Å²) in [6.45, 7) is 3.40. The molecule has 1 heterocycles. The molecule has 144 valence electrons. The van der Waals surface area contributed by atoms with Crippen LogP contribution in [0.4, 0.5) is 5.00 Å². The third-order valence-corrected chi connectivity index (χ3v) is 4.74. The number of ether oxygens (including phenoxy) is 3. The molecular weight excluding hydrogens is 370 g/mol. The van der Waals surface area contributed by atoms with Crippen LogP contribution < -0.4 is 10.1 Å². The monoisotopic (exact) mass is 391 g/mol. The Kier molecular flexibility index (Phi) is 7.36. The second-order valence-electron chi connectivity index (χ2n) is 5.35. The molecular formula is C19H21NO6S. The van der Waals surface area contributed by atoms with E-state index in [-0.39, 0.29) is 12.2 Å². The number of rotatable bonds is 8. The molecule has 0 aliphatic rings. The number of methoxy groups -OCH3 is 1. The van der Waals surface area contributed by atoms with Gasteiger partial charge in [-0.2, -0.15) is 0 Å². The van der Waals surface area contributed by atoms with Crippen LogP contribution >= 0.6 is 11.3 Å². The lowest BCUT2D eigenvalue weighted by Crippen LogP contribution is -2.21. The maximum atomic E-state index is 12.2. The van der Waals surface area contributed by atoms with Gasteiger partial charge in [-0.25, -0.2) is 9.59 Å². The summed E-state index contributed by atoms with van der Waals surface area (Å²) in [5.74, 6) is -1.37. The third-order valence-electron chi connectivity index (χ3n) is 3.54. The van der Waals surface area contributed by atoms with E-state index in [0.717, 1.165) is 11.3 Å². The fourth-order valence-corrected chi connectivity index (χ4v) is 3.25. The molecule has 0 saturated heterocycles. The second kappa shape index (κ2) is 9.72. The molecule has 1 N–H and O–H groups in total. The molecule has 1 aromatic carbocycles. The summed E-state index contributed by atoms with van der Waals surface area (Å²) in [4.78, 5) is 37.3. The minimum absolute atomic E-state index is 0.226. The first-order valence-corrected chi connectivity index (χ1v) is 9.21. The first-order chi connectivity index (χ1) is 13.0. The highest BCUT2D eigenvalue weighted by atomic mass is 32.1. The van der Waals surface area contributed by atoms with Crippen molar-refractivity contribution in [2.24, 2.45) is 0 Å². The topological polar surface area (TPSA) is 90.9 Å². The number of hydrogen-bond acceptors (Lipinski definition) is 7. The van der Waals surface area contributed by atoms with Crippen molar-refractivity contribution in [3.63, 3.8) is 0 Å². The van der Waals surface area contributed by atoms with E-state index in [2.05, 4.69) is 5.32 Å². The first-order valence-electron chi connectivity index (χ1n) is 8.39. The van der Waals surface area contributed by atoms with Gasteiger partial charge < -0.3 is 19.5 Å². The summed E-state index contributed by atoms with van der Waals surface area (Å²) >= 11 is 1.29. The van der Waals surface area contributed by atoms with E-state index in [4.69, 9.17) is 14.2 Å². The molecule has 8 heteroatoms. The Hall–Kier alpha value is -2.87. The molecule has 27 heavy (non-hydrogen) atoms. The fraction of sp³-hybridized carbons (Fsp3) is 0.316. The number of aryl methyl sites for hydroxylation is 1. The highest BCUT2D eigenvalue weighted by Gasteiger charge is 2.20. The molecule has 0 bridgehead atoms. The quantitative estimate of drug-likeness (QED) is 0.695. The smallest absolute Gasteiger partial charge is 0.342 e. The van der Waals surface area contributed by atoms with E-state index in [1.165, 1.54) is 18.4 Å². The molecule has 1 aromatic heterocycles. The van der Waals surface area contributed by atoms with Gasteiger partial charge in [0.25, 0.3) is 5.91 Å². The molecule has 0 spiro atoms. The lowest BCUT2D eigenvalue weighted by molar-refractivity contribution is -0.119. The van der Waals surface area contributed by atoms with Gasteiger partial charge in [-0.1, -0.05) is 19.1 Å². The van der Waals surface area contributed by atoms with Gasteiger partial charge >= 0.3 is 11.9 Å². The van der Waals surface area contributed by atoms with Gasteiger partial charge in [0, 0.05) is 4.88 Å². The average molecular weight is 391 g/mol. The normalized spacial score (nSPS) is 10.2. The van der Waals surface area contributed by atoms with Crippen molar-refractivity contribution in [2.75, 3.05) is 25.6 Å². The zero-order chi connectivity index (χ0) is 19.8. The Morgan fingerprint density at radius 3 is 2.41 bits per heavy atom. The third kappa shape index (κ3) is 5.30. The highest BCUT2D eigenvalue weighted by Crippen LogP contribution is 2.29. The van der Waals surface area contributed by atoms with Crippen molar-refractivity contribution in [1.82, 2.24) is 0 Å². The molecule has 2 aromatic rings. The van der Waals surface area contributed by atoms with Crippen molar-refractivity contribution in [3.8, 4) is 5.75 Å². The van der Waals surface area contributed by atoms with Gasteiger partial charge in [0.05, 0.1) is 19.3 Å². The minimum Gasteiger partial charge on any atom is -0.496 e. The van der Waals surface area contributed by atoms with Crippen molar-refractivity contribution in [1.29, 1.82) is 0 Å². The number of anilines is 1. The summed E-state index contributed by atoms with van der Waals surface area (Å²) in [5, 5.41) is 2.99. The van der Waals surface area contributed by atoms with Crippen LogP contribution in [0.5, 0.6) is 5.75 Å². The van der Waals surface area contributed by atoms with Gasteiger partial charge in [0.15, 0.2) is 6.61 Å². The van der Waals surface area contributed by atoms with Crippen LogP contribution in [0.15, 0.2) is 30.3 Å². The van der Waals surface area contributed by atoms with E-state index < -0.39 is 24.5 Å². The number of carbonyl (C=O) groups is 3. The molecule has 7 nitrogen and oxygen atoms in total. The van der Waals surface area contributed by atoms with Crippen LogP contribution in [0, 0.1) is 0 Å². The van der Waals surface area contributed by atoms with E-state index in [1.807, 2.05) is 6.92 Å². The van der Waals surface area contributed by atoms with Gasteiger partial charge in [-0.15, -0.1) is 11.3 Å². The summed E-state index contributed by atoms with van der Waals surface area (Å²) in [6.07, 6.45) is 0.718. The molecule has 0 atom stereocenters. The Balaban J connectivity index is 2.02. The lowest BCUT2D eigenvalue weighted by Gasteiger charge is -2.09. The van der Waals surface area contributed by atoms with Crippen LogP contribution in [0.3, 0.4) is 0 Å². The van der Waals surface area contributed by atoms with Crippen LogP contribution in [-0.4, -0.2) is 38.2 Å². The van der Waals surface area contributed by atoms with Crippen LogP contribution in [0.1, 0.15) is 39.4 Å². The largest absolute Gasteiger partial charge is 0.496 e. The van der Waals surface area contributed by atoms with Crippen molar-refractivity contribution < 1.29 is 28.6 Å².